The minimum Gasteiger partial charge on any atom is -0.479 e. The van der Waals surface area contributed by atoms with E-state index < -0.39 is 12.1 Å². The molecule has 0 saturated heterocycles. The molecule has 4 nitrogen and oxygen atoms in total. The lowest BCUT2D eigenvalue weighted by Crippen LogP contribution is -2.26. The van der Waals surface area contributed by atoms with E-state index in [1.165, 1.54) is 18.3 Å². The molecule has 1 unspecified atom stereocenters. The molecule has 0 fully saturated rings. The molecule has 2 aromatic rings. The molecule has 0 amide bonds. The van der Waals surface area contributed by atoms with Crippen LogP contribution in [0.25, 0.3) is 10.1 Å². The molecule has 0 aliphatic heterocycles. The van der Waals surface area contributed by atoms with E-state index in [0.717, 1.165) is 10.1 Å². The predicted molar refractivity (Wildman–Crippen MR) is 74.2 cm³/mol. The Morgan fingerprint density at radius 3 is 2.63 bits per heavy atom. The molecular weight excluding hydrogens is 264 g/mol. The van der Waals surface area contributed by atoms with Gasteiger partial charge in [0.15, 0.2) is 11.9 Å². The first-order chi connectivity index (χ1) is 9.04. The Kier molecular flexibility index (Phi) is 3.85. The van der Waals surface area contributed by atoms with Crippen LogP contribution >= 0.6 is 11.3 Å². The molecule has 100 valence electrons. The van der Waals surface area contributed by atoms with Crippen molar-refractivity contribution in [3.8, 4) is 5.75 Å². The quantitative estimate of drug-likeness (QED) is 0.852. The van der Waals surface area contributed by atoms with Crippen molar-refractivity contribution >= 4 is 33.2 Å². The lowest BCUT2D eigenvalue weighted by atomic mass is 10.2. The van der Waals surface area contributed by atoms with E-state index in [1.54, 1.807) is 6.92 Å². The number of rotatable bonds is 5. The average Bonchev–Trinajstić information content (AvgIpc) is 2.74. The van der Waals surface area contributed by atoms with Crippen molar-refractivity contribution in [2.75, 3.05) is 0 Å². The highest BCUT2D eigenvalue weighted by molar-refractivity contribution is 7.21. The maximum absolute atomic E-state index is 11.7. The number of carbonyl (C=O) groups excluding carboxylic acids is 1. The van der Waals surface area contributed by atoms with Crippen LogP contribution in [0.4, 0.5) is 0 Å². The van der Waals surface area contributed by atoms with Gasteiger partial charge in [-0.2, -0.15) is 0 Å². The standard InChI is InChI=1S/C14H14O4S/c1-3-10(14(16)17)18-12-9-6-4-5-7-11(9)19-13(12)8(2)15/h4-7,10H,3H2,1-2H3,(H,16,17). The van der Waals surface area contributed by atoms with Gasteiger partial charge in [-0.3, -0.25) is 4.79 Å². The highest BCUT2D eigenvalue weighted by Gasteiger charge is 2.23. The van der Waals surface area contributed by atoms with Gasteiger partial charge in [0.05, 0.1) is 0 Å². The Hall–Kier alpha value is -1.88. The van der Waals surface area contributed by atoms with Gasteiger partial charge >= 0.3 is 5.97 Å². The molecule has 0 saturated carbocycles. The molecule has 0 spiro atoms. The molecule has 0 bridgehead atoms. The summed E-state index contributed by atoms with van der Waals surface area (Å²) in [6.45, 7) is 3.19. The van der Waals surface area contributed by atoms with Crippen molar-refractivity contribution < 1.29 is 19.4 Å². The molecule has 5 heteroatoms. The minimum absolute atomic E-state index is 0.114. The number of carbonyl (C=O) groups is 2. The third-order valence-corrected chi connectivity index (χ3v) is 4.03. The van der Waals surface area contributed by atoms with E-state index in [2.05, 4.69) is 0 Å². The fourth-order valence-corrected chi connectivity index (χ4v) is 2.85. The van der Waals surface area contributed by atoms with E-state index >= 15 is 0 Å². The van der Waals surface area contributed by atoms with E-state index in [-0.39, 0.29) is 5.78 Å². The van der Waals surface area contributed by atoms with Gasteiger partial charge in [0, 0.05) is 17.0 Å². The predicted octanol–water partition coefficient (Wildman–Crippen LogP) is 3.35. The van der Waals surface area contributed by atoms with Crippen molar-refractivity contribution in [1.82, 2.24) is 0 Å². The highest BCUT2D eigenvalue weighted by Crippen LogP contribution is 2.38. The summed E-state index contributed by atoms with van der Waals surface area (Å²) in [6, 6.07) is 7.44. The van der Waals surface area contributed by atoms with Gasteiger partial charge in [-0.1, -0.05) is 19.1 Å². The Balaban J connectivity index is 2.53. The second kappa shape index (κ2) is 5.40. The monoisotopic (exact) mass is 278 g/mol. The van der Waals surface area contributed by atoms with Crippen molar-refractivity contribution in [2.45, 2.75) is 26.4 Å². The Bertz CT molecular complexity index is 629. The largest absolute Gasteiger partial charge is 0.479 e. The average molecular weight is 278 g/mol. The van der Waals surface area contributed by atoms with Gasteiger partial charge < -0.3 is 9.84 Å². The molecule has 1 aromatic heterocycles. The highest BCUT2D eigenvalue weighted by atomic mass is 32.1. The number of hydrogen-bond acceptors (Lipinski definition) is 4. The summed E-state index contributed by atoms with van der Waals surface area (Å²) >= 11 is 1.33. The third kappa shape index (κ3) is 2.61. The number of carboxylic acids is 1. The molecule has 2 rings (SSSR count). The third-order valence-electron chi connectivity index (χ3n) is 2.78. The van der Waals surface area contributed by atoms with Crippen molar-refractivity contribution in [3.05, 3.63) is 29.1 Å². The fraction of sp³-hybridized carbons (Fsp3) is 0.286. The topological polar surface area (TPSA) is 63.6 Å². The van der Waals surface area contributed by atoms with E-state index in [4.69, 9.17) is 9.84 Å². The number of hydrogen-bond donors (Lipinski definition) is 1. The molecule has 0 aliphatic carbocycles. The molecule has 1 atom stereocenters. The zero-order valence-electron chi connectivity index (χ0n) is 10.7. The maximum atomic E-state index is 11.7. The molecule has 0 radical (unpaired) electrons. The summed E-state index contributed by atoms with van der Waals surface area (Å²) in [5.74, 6) is -0.744. The van der Waals surface area contributed by atoms with Crippen LogP contribution in [0.15, 0.2) is 24.3 Å². The van der Waals surface area contributed by atoms with Crippen molar-refractivity contribution in [1.29, 1.82) is 0 Å². The van der Waals surface area contributed by atoms with E-state index in [0.29, 0.717) is 17.0 Å². The molecule has 1 heterocycles. The minimum atomic E-state index is -1.02. The summed E-state index contributed by atoms with van der Waals surface area (Å²) in [5, 5.41) is 9.86. The number of aliphatic carboxylic acids is 1. The zero-order chi connectivity index (χ0) is 14.0. The molecule has 1 aromatic carbocycles. The van der Waals surface area contributed by atoms with E-state index in [9.17, 15) is 9.59 Å². The van der Waals surface area contributed by atoms with Crippen LogP contribution in [0.5, 0.6) is 5.75 Å². The summed E-state index contributed by atoms with van der Waals surface area (Å²) in [4.78, 5) is 23.2. The number of ether oxygens (including phenoxy) is 1. The summed E-state index contributed by atoms with van der Waals surface area (Å²) in [7, 11) is 0. The molecule has 0 aliphatic rings. The van der Waals surface area contributed by atoms with Gasteiger partial charge in [0.25, 0.3) is 0 Å². The van der Waals surface area contributed by atoms with Crippen LogP contribution in [-0.4, -0.2) is 23.0 Å². The normalized spacial score (nSPS) is 12.3. The number of Topliss-reactive ketones (excluding diaryl/α,β-unsaturated/α-hetero) is 1. The SMILES string of the molecule is CCC(Oc1c(C(C)=O)sc2ccccc12)C(=O)O. The summed E-state index contributed by atoms with van der Waals surface area (Å²) in [6.07, 6.45) is -0.590. The Morgan fingerprint density at radius 1 is 1.37 bits per heavy atom. The van der Waals surface area contributed by atoms with Gasteiger partial charge in [0.1, 0.15) is 10.6 Å². The van der Waals surface area contributed by atoms with Crippen LogP contribution in [0, 0.1) is 0 Å². The summed E-state index contributed by atoms with van der Waals surface area (Å²) < 4.78 is 6.48. The first-order valence-electron chi connectivity index (χ1n) is 5.96. The zero-order valence-corrected chi connectivity index (χ0v) is 11.5. The van der Waals surface area contributed by atoms with Gasteiger partial charge in [-0.05, 0) is 18.6 Å². The Morgan fingerprint density at radius 2 is 2.05 bits per heavy atom. The number of benzene rings is 1. The number of ketones is 1. The van der Waals surface area contributed by atoms with Crippen molar-refractivity contribution in [3.63, 3.8) is 0 Å². The molecular formula is C14H14O4S. The van der Waals surface area contributed by atoms with Crippen LogP contribution < -0.4 is 4.74 Å². The smallest absolute Gasteiger partial charge is 0.344 e. The van der Waals surface area contributed by atoms with Crippen LogP contribution in [0.3, 0.4) is 0 Å². The van der Waals surface area contributed by atoms with Gasteiger partial charge in [-0.25, -0.2) is 4.79 Å². The van der Waals surface area contributed by atoms with Gasteiger partial charge in [-0.15, -0.1) is 11.3 Å². The molecule has 1 N–H and O–H groups in total. The number of thiophene rings is 1. The van der Waals surface area contributed by atoms with E-state index in [1.807, 2.05) is 24.3 Å². The fourth-order valence-electron chi connectivity index (χ4n) is 1.82. The summed E-state index contributed by atoms with van der Waals surface area (Å²) in [5.41, 5.74) is 0. The second-order valence-corrected chi connectivity index (χ2v) is 5.22. The first kappa shape index (κ1) is 13.5. The number of fused-ring (bicyclic) bond motifs is 1. The van der Waals surface area contributed by atoms with Crippen molar-refractivity contribution in [2.24, 2.45) is 0 Å². The maximum Gasteiger partial charge on any atom is 0.344 e. The molecule has 19 heavy (non-hydrogen) atoms. The lowest BCUT2D eigenvalue weighted by molar-refractivity contribution is -0.145. The van der Waals surface area contributed by atoms with Gasteiger partial charge in [0.2, 0.25) is 0 Å². The van der Waals surface area contributed by atoms with Crippen LogP contribution in [0.1, 0.15) is 29.9 Å². The second-order valence-electron chi connectivity index (χ2n) is 4.17. The first-order valence-corrected chi connectivity index (χ1v) is 6.78. The van der Waals surface area contributed by atoms with Crippen LogP contribution in [-0.2, 0) is 4.79 Å². The number of carboxylic acid groups (broad SMARTS) is 1. The lowest BCUT2D eigenvalue weighted by Gasteiger charge is -2.13. The Labute approximate surface area is 114 Å². The van der Waals surface area contributed by atoms with Crippen LogP contribution in [0.2, 0.25) is 0 Å².